The second kappa shape index (κ2) is 4.54. The molecule has 1 aliphatic carbocycles. The minimum Gasteiger partial charge on any atom is -0.324 e. The highest BCUT2D eigenvalue weighted by atomic mass is 15.0. The Morgan fingerprint density at radius 2 is 1.69 bits per heavy atom. The van der Waals surface area contributed by atoms with E-state index < -0.39 is 0 Å². The summed E-state index contributed by atoms with van der Waals surface area (Å²) >= 11 is 0. The van der Waals surface area contributed by atoms with E-state index in [-0.39, 0.29) is 0 Å². The molecule has 0 radical (unpaired) electrons. The van der Waals surface area contributed by atoms with Crippen molar-refractivity contribution in [3.63, 3.8) is 0 Å². The molecule has 0 bridgehead atoms. The van der Waals surface area contributed by atoms with Crippen molar-refractivity contribution in [1.82, 2.24) is 5.32 Å². The topological polar surface area (TPSA) is 12.0 Å². The summed E-state index contributed by atoms with van der Waals surface area (Å²) in [6.45, 7) is 4.60. The second-order valence-electron chi connectivity index (χ2n) is 5.36. The van der Waals surface area contributed by atoms with E-state index in [1.54, 1.807) is 0 Å². The first-order chi connectivity index (χ1) is 6.02. The third-order valence-electron chi connectivity index (χ3n) is 3.62. The van der Waals surface area contributed by atoms with Crippen LogP contribution in [0.4, 0.5) is 0 Å². The summed E-state index contributed by atoms with van der Waals surface area (Å²) in [5.41, 5.74) is 0. The molecule has 0 saturated heterocycles. The first kappa shape index (κ1) is 11.2. The predicted octanol–water partition coefficient (Wildman–Crippen LogP) is 0.485. The Morgan fingerprint density at radius 3 is 2.15 bits per heavy atom. The zero-order valence-electron chi connectivity index (χ0n) is 9.69. The lowest BCUT2D eigenvalue weighted by Gasteiger charge is -2.37. The SMILES string of the molecule is BC(B)(NC1CCCCC1)C(C)C. The molecular weight excluding hydrogens is 156 g/mol. The third-order valence-corrected chi connectivity index (χ3v) is 3.62. The van der Waals surface area contributed by atoms with Gasteiger partial charge >= 0.3 is 0 Å². The molecular formula is C10H23B2N. The van der Waals surface area contributed by atoms with E-state index in [2.05, 4.69) is 34.9 Å². The Bertz CT molecular complexity index is 151. The van der Waals surface area contributed by atoms with E-state index in [4.69, 9.17) is 0 Å². The van der Waals surface area contributed by atoms with Crippen LogP contribution in [0.2, 0.25) is 0 Å². The Hall–Kier alpha value is 0.0899. The van der Waals surface area contributed by atoms with Gasteiger partial charge < -0.3 is 5.32 Å². The fraction of sp³-hybridized carbons (Fsp3) is 1.00. The van der Waals surface area contributed by atoms with Gasteiger partial charge in [-0.1, -0.05) is 33.1 Å². The molecule has 1 N–H and O–H groups in total. The zero-order chi connectivity index (χ0) is 9.90. The fourth-order valence-electron chi connectivity index (χ4n) is 1.94. The number of hydrogen-bond donors (Lipinski definition) is 1. The van der Waals surface area contributed by atoms with E-state index in [1.165, 1.54) is 32.1 Å². The van der Waals surface area contributed by atoms with Crippen LogP contribution < -0.4 is 5.32 Å². The van der Waals surface area contributed by atoms with Gasteiger partial charge in [-0.05, 0) is 24.1 Å². The summed E-state index contributed by atoms with van der Waals surface area (Å²) in [7, 11) is 4.65. The van der Waals surface area contributed by atoms with E-state index in [9.17, 15) is 0 Å². The highest BCUT2D eigenvalue weighted by Gasteiger charge is 2.25. The van der Waals surface area contributed by atoms with Crippen LogP contribution in [0.5, 0.6) is 0 Å². The molecule has 0 aliphatic heterocycles. The largest absolute Gasteiger partial charge is 0.324 e. The van der Waals surface area contributed by atoms with Crippen LogP contribution in [0.1, 0.15) is 46.0 Å². The summed E-state index contributed by atoms with van der Waals surface area (Å²) in [5.74, 6) is 0.717. The fourth-order valence-corrected chi connectivity index (χ4v) is 1.94. The van der Waals surface area contributed by atoms with Crippen LogP contribution >= 0.6 is 0 Å². The van der Waals surface area contributed by atoms with E-state index >= 15 is 0 Å². The maximum atomic E-state index is 3.79. The van der Waals surface area contributed by atoms with Crippen LogP contribution in [0.3, 0.4) is 0 Å². The summed E-state index contributed by atoms with van der Waals surface area (Å²) in [6.07, 6.45) is 7.06. The molecule has 13 heavy (non-hydrogen) atoms. The highest BCUT2D eigenvalue weighted by Crippen LogP contribution is 2.20. The lowest BCUT2D eigenvalue weighted by atomic mass is 9.55. The highest BCUT2D eigenvalue weighted by molar-refractivity contribution is 6.40. The lowest BCUT2D eigenvalue weighted by molar-refractivity contribution is 0.321. The summed E-state index contributed by atoms with van der Waals surface area (Å²) in [6, 6.07) is 0.783. The standard InChI is InChI=1S/C10H23B2N/c1-8(2)10(11,12)13-9-6-4-3-5-7-9/h8-9,13H,3-7,11-12H2,1-2H3. The molecule has 74 valence electrons. The molecule has 0 aromatic rings. The van der Waals surface area contributed by atoms with Crippen molar-refractivity contribution in [3.8, 4) is 0 Å². The average Bonchev–Trinajstić information content (AvgIpc) is 2.05. The Kier molecular flexibility index (Phi) is 3.90. The van der Waals surface area contributed by atoms with Crippen molar-refractivity contribution in [2.24, 2.45) is 5.92 Å². The van der Waals surface area contributed by atoms with E-state index in [0.717, 1.165) is 12.0 Å². The van der Waals surface area contributed by atoms with Gasteiger partial charge in [0.05, 0.1) is 0 Å². The van der Waals surface area contributed by atoms with Gasteiger partial charge in [-0.2, -0.15) is 0 Å². The van der Waals surface area contributed by atoms with Gasteiger partial charge in [-0.15, -0.1) is 0 Å². The molecule has 0 aromatic carbocycles. The zero-order valence-corrected chi connectivity index (χ0v) is 9.69. The second-order valence-corrected chi connectivity index (χ2v) is 5.36. The quantitative estimate of drug-likeness (QED) is 0.621. The Morgan fingerprint density at radius 1 is 1.15 bits per heavy atom. The van der Waals surface area contributed by atoms with E-state index in [0.29, 0.717) is 5.34 Å². The van der Waals surface area contributed by atoms with Crippen molar-refractivity contribution in [2.45, 2.75) is 57.3 Å². The summed E-state index contributed by atoms with van der Waals surface area (Å²) in [5, 5.41) is 4.10. The van der Waals surface area contributed by atoms with Gasteiger partial charge in [0.25, 0.3) is 0 Å². The summed E-state index contributed by atoms with van der Waals surface area (Å²) in [4.78, 5) is 0. The van der Waals surface area contributed by atoms with Crippen molar-refractivity contribution in [3.05, 3.63) is 0 Å². The van der Waals surface area contributed by atoms with Crippen LogP contribution in [-0.4, -0.2) is 27.1 Å². The van der Waals surface area contributed by atoms with Gasteiger partial charge in [0.2, 0.25) is 0 Å². The van der Waals surface area contributed by atoms with Crippen LogP contribution in [0.15, 0.2) is 0 Å². The molecule has 3 heteroatoms. The molecule has 0 heterocycles. The Labute approximate surface area is 84.9 Å². The molecule has 0 aromatic heterocycles. The van der Waals surface area contributed by atoms with Crippen LogP contribution in [-0.2, 0) is 0 Å². The number of hydrogen-bond acceptors (Lipinski definition) is 1. The van der Waals surface area contributed by atoms with Crippen molar-refractivity contribution in [2.75, 3.05) is 0 Å². The van der Waals surface area contributed by atoms with Gasteiger partial charge in [0.15, 0.2) is 0 Å². The van der Waals surface area contributed by atoms with Crippen LogP contribution in [0, 0.1) is 5.92 Å². The normalized spacial score (nSPS) is 20.8. The molecule has 1 saturated carbocycles. The average molecular weight is 179 g/mol. The van der Waals surface area contributed by atoms with Gasteiger partial charge in [-0.3, -0.25) is 0 Å². The molecule has 1 fully saturated rings. The third kappa shape index (κ3) is 3.38. The minimum absolute atomic E-state index is 0.308. The molecule has 1 aliphatic rings. The first-order valence-corrected chi connectivity index (χ1v) is 5.80. The van der Waals surface area contributed by atoms with Gasteiger partial charge in [0, 0.05) is 6.04 Å². The van der Waals surface area contributed by atoms with Gasteiger partial charge in [0.1, 0.15) is 15.7 Å². The number of nitrogens with one attached hydrogen (secondary N) is 1. The molecule has 0 amide bonds. The van der Waals surface area contributed by atoms with Crippen molar-refractivity contribution in [1.29, 1.82) is 0 Å². The first-order valence-electron chi connectivity index (χ1n) is 5.80. The lowest BCUT2D eigenvalue weighted by Crippen LogP contribution is -2.55. The minimum atomic E-state index is 0.308. The summed E-state index contributed by atoms with van der Waals surface area (Å²) < 4.78 is 0. The maximum Gasteiger partial charge on any atom is 0.117 e. The molecule has 1 rings (SSSR count). The predicted molar refractivity (Wildman–Crippen MR) is 64.7 cm³/mol. The van der Waals surface area contributed by atoms with Crippen LogP contribution in [0.25, 0.3) is 0 Å². The van der Waals surface area contributed by atoms with Crippen molar-refractivity contribution < 1.29 is 0 Å². The molecule has 0 unspecified atom stereocenters. The monoisotopic (exact) mass is 179 g/mol. The molecule has 0 spiro atoms. The Balaban J connectivity index is 2.37. The van der Waals surface area contributed by atoms with Crippen molar-refractivity contribution >= 4 is 15.7 Å². The van der Waals surface area contributed by atoms with Gasteiger partial charge in [-0.25, -0.2) is 0 Å². The van der Waals surface area contributed by atoms with E-state index in [1.807, 2.05) is 0 Å². The molecule has 1 nitrogen and oxygen atoms in total. The smallest absolute Gasteiger partial charge is 0.117 e. The maximum absolute atomic E-state index is 3.79. The number of rotatable bonds is 3. The molecule has 0 atom stereocenters.